The molecule has 0 atom stereocenters. The van der Waals surface area contributed by atoms with E-state index >= 15 is 0 Å². The zero-order chi connectivity index (χ0) is 15.2. The van der Waals surface area contributed by atoms with Crippen LogP contribution in [0.15, 0.2) is 29.6 Å². The molecule has 21 heavy (non-hydrogen) atoms. The van der Waals surface area contributed by atoms with Crippen LogP contribution in [0.4, 0.5) is 0 Å². The molecule has 1 amide bonds. The molecule has 0 aliphatic rings. The molecule has 0 spiro atoms. The summed E-state index contributed by atoms with van der Waals surface area (Å²) in [6.07, 6.45) is 0.768. The van der Waals surface area contributed by atoms with Crippen LogP contribution in [0, 0.1) is 0 Å². The number of aromatic nitrogens is 1. The second kappa shape index (κ2) is 7.22. The number of rotatable bonds is 6. The summed E-state index contributed by atoms with van der Waals surface area (Å²) in [4.78, 5) is 16.4. The third-order valence-electron chi connectivity index (χ3n) is 3.08. The van der Waals surface area contributed by atoms with Gasteiger partial charge >= 0.3 is 0 Å². The highest BCUT2D eigenvalue weighted by Crippen LogP contribution is 2.19. The van der Waals surface area contributed by atoms with Crippen molar-refractivity contribution in [3.05, 3.63) is 45.9 Å². The van der Waals surface area contributed by atoms with Gasteiger partial charge in [-0.15, -0.1) is 11.3 Å². The molecule has 0 saturated carbocycles. The number of nitrogens with zero attached hydrogens (tertiary/aromatic N) is 1. The van der Waals surface area contributed by atoms with Crippen LogP contribution in [-0.4, -0.2) is 24.5 Å². The lowest BCUT2D eigenvalue weighted by molar-refractivity contribution is 0.0949. The standard InChI is InChI=1S/C16H20N2O2S/c1-11(2)16-18-14(10-21-16)15(19)17-8-7-12-5-4-6-13(9-12)20-3/h4-6,9-11H,7-8H2,1-3H3,(H,17,19). The summed E-state index contributed by atoms with van der Waals surface area (Å²) >= 11 is 1.53. The van der Waals surface area contributed by atoms with E-state index < -0.39 is 0 Å². The number of ether oxygens (including phenoxy) is 1. The summed E-state index contributed by atoms with van der Waals surface area (Å²) in [5.41, 5.74) is 1.64. The van der Waals surface area contributed by atoms with Gasteiger partial charge in [-0.25, -0.2) is 4.98 Å². The van der Waals surface area contributed by atoms with Gasteiger partial charge in [0.1, 0.15) is 11.4 Å². The number of carbonyl (C=O) groups is 1. The van der Waals surface area contributed by atoms with Crippen LogP contribution < -0.4 is 10.1 Å². The summed E-state index contributed by atoms with van der Waals surface area (Å²) in [5.74, 6) is 1.08. The van der Waals surface area contributed by atoms with E-state index in [1.54, 1.807) is 7.11 Å². The Kier molecular flexibility index (Phi) is 5.33. The van der Waals surface area contributed by atoms with Crippen molar-refractivity contribution in [1.29, 1.82) is 0 Å². The van der Waals surface area contributed by atoms with E-state index in [9.17, 15) is 4.79 Å². The molecular formula is C16H20N2O2S. The molecule has 112 valence electrons. The number of methoxy groups -OCH3 is 1. The molecule has 1 N–H and O–H groups in total. The first-order chi connectivity index (χ1) is 10.1. The van der Waals surface area contributed by atoms with Crippen molar-refractivity contribution in [1.82, 2.24) is 10.3 Å². The molecule has 0 radical (unpaired) electrons. The lowest BCUT2D eigenvalue weighted by Crippen LogP contribution is -2.26. The zero-order valence-corrected chi connectivity index (χ0v) is 13.4. The lowest BCUT2D eigenvalue weighted by atomic mass is 10.1. The Labute approximate surface area is 129 Å². The second-order valence-electron chi connectivity index (χ2n) is 5.08. The van der Waals surface area contributed by atoms with Crippen molar-refractivity contribution >= 4 is 17.2 Å². The normalized spacial score (nSPS) is 10.7. The van der Waals surface area contributed by atoms with Crippen LogP contribution in [0.5, 0.6) is 5.75 Å². The minimum atomic E-state index is -0.110. The molecule has 1 aromatic carbocycles. The summed E-state index contributed by atoms with van der Waals surface area (Å²) in [5, 5.41) is 5.71. The van der Waals surface area contributed by atoms with E-state index in [1.165, 1.54) is 11.3 Å². The third kappa shape index (κ3) is 4.29. The SMILES string of the molecule is COc1cccc(CCNC(=O)c2csc(C(C)C)n2)c1. The van der Waals surface area contributed by atoms with E-state index in [1.807, 2.05) is 29.6 Å². The molecule has 0 aliphatic heterocycles. The molecule has 2 aromatic rings. The van der Waals surface area contributed by atoms with Crippen molar-refractivity contribution in [3.8, 4) is 5.75 Å². The molecule has 0 saturated heterocycles. The third-order valence-corrected chi connectivity index (χ3v) is 4.23. The Morgan fingerprint density at radius 1 is 1.43 bits per heavy atom. The number of amides is 1. The first-order valence-electron chi connectivity index (χ1n) is 6.96. The van der Waals surface area contributed by atoms with Gasteiger partial charge < -0.3 is 10.1 Å². The van der Waals surface area contributed by atoms with Crippen molar-refractivity contribution in [2.75, 3.05) is 13.7 Å². The number of hydrogen-bond acceptors (Lipinski definition) is 4. The summed E-state index contributed by atoms with van der Waals surface area (Å²) < 4.78 is 5.18. The molecule has 0 fully saturated rings. The van der Waals surface area contributed by atoms with E-state index in [2.05, 4.69) is 24.1 Å². The monoisotopic (exact) mass is 304 g/mol. The minimum absolute atomic E-state index is 0.110. The predicted octanol–water partition coefficient (Wildman–Crippen LogP) is 3.25. The molecule has 1 aromatic heterocycles. The van der Waals surface area contributed by atoms with Crippen molar-refractivity contribution in [2.24, 2.45) is 0 Å². The Morgan fingerprint density at radius 3 is 2.90 bits per heavy atom. The lowest BCUT2D eigenvalue weighted by Gasteiger charge is -2.05. The van der Waals surface area contributed by atoms with Crippen LogP contribution in [0.2, 0.25) is 0 Å². The van der Waals surface area contributed by atoms with Crippen molar-refractivity contribution in [3.63, 3.8) is 0 Å². The Morgan fingerprint density at radius 2 is 2.24 bits per heavy atom. The van der Waals surface area contributed by atoms with Gasteiger partial charge in [-0.05, 0) is 24.1 Å². The second-order valence-corrected chi connectivity index (χ2v) is 5.97. The van der Waals surface area contributed by atoms with Crippen LogP contribution in [0.3, 0.4) is 0 Å². The number of thiazole rings is 1. The average Bonchev–Trinajstić information content (AvgIpc) is 2.97. The van der Waals surface area contributed by atoms with Gasteiger partial charge in [0.15, 0.2) is 0 Å². The minimum Gasteiger partial charge on any atom is -0.497 e. The molecule has 2 rings (SSSR count). The highest BCUT2D eigenvalue weighted by atomic mass is 32.1. The summed E-state index contributed by atoms with van der Waals surface area (Å²) in [6.45, 7) is 4.73. The average molecular weight is 304 g/mol. The van der Waals surface area contributed by atoms with E-state index in [4.69, 9.17) is 4.74 Å². The smallest absolute Gasteiger partial charge is 0.270 e. The van der Waals surface area contributed by atoms with Crippen LogP contribution in [-0.2, 0) is 6.42 Å². The van der Waals surface area contributed by atoms with Gasteiger partial charge in [0, 0.05) is 17.8 Å². The molecule has 0 bridgehead atoms. The van der Waals surface area contributed by atoms with Crippen LogP contribution in [0.1, 0.15) is 40.8 Å². The van der Waals surface area contributed by atoms with Crippen LogP contribution in [0.25, 0.3) is 0 Å². The zero-order valence-electron chi connectivity index (χ0n) is 12.6. The maximum Gasteiger partial charge on any atom is 0.270 e. The van der Waals surface area contributed by atoms with Crippen LogP contribution >= 0.6 is 11.3 Å². The highest BCUT2D eigenvalue weighted by molar-refractivity contribution is 7.09. The fourth-order valence-corrected chi connectivity index (χ4v) is 2.71. The Balaban J connectivity index is 1.86. The summed E-state index contributed by atoms with van der Waals surface area (Å²) in [6, 6.07) is 7.86. The fraction of sp³-hybridized carbons (Fsp3) is 0.375. The van der Waals surface area contributed by atoms with Gasteiger partial charge in [-0.2, -0.15) is 0 Å². The molecule has 0 unspecified atom stereocenters. The Bertz CT molecular complexity index is 608. The molecule has 0 aliphatic carbocycles. The van der Waals surface area contributed by atoms with Gasteiger partial charge in [-0.1, -0.05) is 26.0 Å². The van der Waals surface area contributed by atoms with Gasteiger partial charge in [0.25, 0.3) is 5.91 Å². The topological polar surface area (TPSA) is 51.2 Å². The molecule has 5 heteroatoms. The largest absolute Gasteiger partial charge is 0.497 e. The quantitative estimate of drug-likeness (QED) is 0.891. The van der Waals surface area contributed by atoms with Crippen molar-refractivity contribution in [2.45, 2.75) is 26.2 Å². The summed E-state index contributed by atoms with van der Waals surface area (Å²) in [7, 11) is 1.65. The van der Waals surface area contributed by atoms with Crippen molar-refractivity contribution < 1.29 is 9.53 Å². The van der Waals surface area contributed by atoms with Gasteiger partial charge in [0.2, 0.25) is 0 Å². The molecular weight excluding hydrogens is 284 g/mol. The van der Waals surface area contributed by atoms with Gasteiger partial charge in [0.05, 0.1) is 12.1 Å². The highest BCUT2D eigenvalue weighted by Gasteiger charge is 2.11. The van der Waals surface area contributed by atoms with Gasteiger partial charge in [-0.3, -0.25) is 4.79 Å². The predicted molar refractivity (Wildman–Crippen MR) is 85.2 cm³/mol. The molecule has 4 nitrogen and oxygen atoms in total. The number of benzene rings is 1. The maximum atomic E-state index is 12.0. The van der Waals surface area contributed by atoms with E-state index in [-0.39, 0.29) is 5.91 Å². The number of nitrogens with one attached hydrogen (secondary N) is 1. The van der Waals surface area contributed by atoms with E-state index in [0.29, 0.717) is 18.2 Å². The van der Waals surface area contributed by atoms with E-state index in [0.717, 1.165) is 22.7 Å². The fourth-order valence-electron chi connectivity index (χ4n) is 1.90. The maximum absolute atomic E-state index is 12.0. The molecule has 1 heterocycles. The number of hydrogen-bond donors (Lipinski definition) is 1. The number of carbonyl (C=O) groups excluding carboxylic acids is 1. The first-order valence-corrected chi connectivity index (χ1v) is 7.84. The first kappa shape index (κ1) is 15.5. The Hall–Kier alpha value is -1.88.